The smallest absolute Gasteiger partial charge is 0.416 e. The van der Waals surface area contributed by atoms with E-state index >= 15 is 0 Å². The van der Waals surface area contributed by atoms with Crippen LogP contribution in [0.1, 0.15) is 11.3 Å². The van der Waals surface area contributed by atoms with E-state index in [2.05, 4.69) is 10.5 Å². The number of alkyl halides is 3. The SMILES string of the molecule is O=[N+]([O-])c1ccc(-c2ccc(/C=N\Nc3ccc(C(F)(F)F)cc3[N+](=O)[O-])o2)c(Cl)c1. The van der Waals surface area contributed by atoms with Crippen molar-refractivity contribution in [2.45, 2.75) is 6.18 Å². The summed E-state index contributed by atoms with van der Waals surface area (Å²) in [6.07, 6.45) is -3.58. The van der Waals surface area contributed by atoms with Crippen molar-refractivity contribution in [3.63, 3.8) is 0 Å². The third kappa shape index (κ3) is 4.98. The van der Waals surface area contributed by atoms with Crippen LogP contribution in [-0.2, 0) is 6.18 Å². The molecule has 0 aliphatic heterocycles. The molecule has 0 spiro atoms. The van der Waals surface area contributed by atoms with Crippen LogP contribution in [-0.4, -0.2) is 16.1 Å². The Balaban J connectivity index is 1.78. The summed E-state index contributed by atoms with van der Waals surface area (Å²) in [6, 6.07) is 8.81. The van der Waals surface area contributed by atoms with Crippen molar-refractivity contribution in [1.29, 1.82) is 0 Å². The molecule has 31 heavy (non-hydrogen) atoms. The topological polar surface area (TPSA) is 124 Å². The molecule has 1 aromatic heterocycles. The largest absolute Gasteiger partial charge is 0.455 e. The van der Waals surface area contributed by atoms with E-state index in [9.17, 15) is 33.4 Å². The minimum atomic E-state index is -4.73. The number of furan rings is 1. The van der Waals surface area contributed by atoms with Gasteiger partial charge < -0.3 is 4.42 Å². The highest BCUT2D eigenvalue weighted by molar-refractivity contribution is 6.33. The Kier molecular flexibility index (Phi) is 5.92. The highest BCUT2D eigenvalue weighted by atomic mass is 35.5. The fourth-order valence-corrected chi connectivity index (χ4v) is 2.77. The molecule has 2 aromatic carbocycles. The number of anilines is 1. The van der Waals surface area contributed by atoms with Gasteiger partial charge in [-0.25, -0.2) is 0 Å². The highest BCUT2D eigenvalue weighted by Gasteiger charge is 2.33. The van der Waals surface area contributed by atoms with E-state index in [4.69, 9.17) is 16.0 Å². The van der Waals surface area contributed by atoms with Gasteiger partial charge in [0.25, 0.3) is 11.4 Å². The van der Waals surface area contributed by atoms with Crippen molar-refractivity contribution in [1.82, 2.24) is 0 Å². The second kappa shape index (κ2) is 8.44. The van der Waals surface area contributed by atoms with Crippen LogP contribution in [0.15, 0.2) is 58.0 Å². The average Bonchev–Trinajstić information content (AvgIpc) is 3.15. The van der Waals surface area contributed by atoms with Gasteiger partial charge in [-0.05, 0) is 30.3 Å². The first-order valence-electron chi connectivity index (χ1n) is 8.25. The van der Waals surface area contributed by atoms with Crippen LogP contribution in [0.3, 0.4) is 0 Å². The first kappa shape index (κ1) is 21.8. The quantitative estimate of drug-likeness (QED) is 0.281. The maximum atomic E-state index is 12.7. The molecule has 0 amide bonds. The van der Waals surface area contributed by atoms with E-state index in [0.717, 1.165) is 12.3 Å². The van der Waals surface area contributed by atoms with Gasteiger partial charge in [0.1, 0.15) is 17.2 Å². The molecule has 0 saturated carbocycles. The van der Waals surface area contributed by atoms with Gasteiger partial charge in [0.05, 0.1) is 26.6 Å². The zero-order valence-electron chi connectivity index (χ0n) is 15.1. The van der Waals surface area contributed by atoms with Crippen LogP contribution < -0.4 is 5.43 Å². The van der Waals surface area contributed by atoms with E-state index in [0.29, 0.717) is 17.7 Å². The molecule has 0 saturated heterocycles. The summed E-state index contributed by atoms with van der Waals surface area (Å²) < 4.78 is 43.7. The van der Waals surface area contributed by atoms with Crippen molar-refractivity contribution < 1.29 is 27.4 Å². The average molecular weight is 455 g/mol. The third-order valence-electron chi connectivity index (χ3n) is 3.95. The van der Waals surface area contributed by atoms with E-state index in [1.165, 1.54) is 30.3 Å². The molecular formula is C18H10ClF3N4O5. The monoisotopic (exact) mass is 454 g/mol. The molecule has 0 radical (unpaired) electrons. The lowest BCUT2D eigenvalue weighted by molar-refractivity contribution is -0.384. The molecule has 3 aromatic rings. The molecule has 0 aliphatic rings. The Morgan fingerprint density at radius 2 is 1.77 bits per heavy atom. The number of benzene rings is 2. The Morgan fingerprint density at radius 3 is 2.39 bits per heavy atom. The number of nitro groups is 2. The fourth-order valence-electron chi connectivity index (χ4n) is 2.50. The molecule has 0 atom stereocenters. The summed E-state index contributed by atoms with van der Waals surface area (Å²) in [4.78, 5) is 20.3. The summed E-state index contributed by atoms with van der Waals surface area (Å²) in [5.41, 5.74) is 0.284. The second-order valence-electron chi connectivity index (χ2n) is 5.98. The zero-order chi connectivity index (χ0) is 22.8. The lowest BCUT2D eigenvalue weighted by atomic mass is 10.1. The van der Waals surface area contributed by atoms with Crippen LogP contribution >= 0.6 is 11.6 Å². The van der Waals surface area contributed by atoms with E-state index in [1.807, 2.05) is 0 Å². The molecule has 160 valence electrons. The molecule has 0 aliphatic carbocycles. The zero-order valence-corrected chi connectivity index (χ0v) is 15.8. The summed E-state index contributed by atoms with van der Waals surface area (Å²) in [5, 5.41) is 25.7. The van der Waals surface area contributed by atoms with Crippen LogP contribution in [0.2, 0.25) is 5.02 Å². The van der Waals surface area contributed by atoms with E-state index in [1.54, 1.807) is 0 Å². The summed E-state index contributed by atoms with van der Waals surface area (Å²) in [5.74, 6) is 0.466. The van der Waals surface area contributed by atoms with Crippen molar-refractivity contribution in [3.05, 3.63) is 85.1 Å². The molecule has 0 fully saturated rings. The molecule has 13 heteroatoms. The number of non-ortho nitro benzene ring substituents is 1. The lowest BCUT2D eigenvalue weighted by Crippen LogP contribution is -2.06. The standard InChI is InChI=1S/C18H10ClF3N4O5/c19-14-8-11(25(27)28)2-4-13(14)17-6-3-12(31-17)9-23-24-15-5-1-10(18(20,21)22)7-16(15)26(29)30/h1-9,24H/b23-9-. The number of halogens is 4. The van der Waals surface area contributed by atoms with Gasteiger partial charge in [-0.3, -0.25) is 25.7 Å². The van der Waals surface area contributed by atoms with Gasteiger partial charge in [0.15, 0.2) is 0 Å². The Hall–Kier alpha value is -3.93. The fraction of sp³-hybridized carbons (Fsp3) is 0.0556. The highest BCUT2D eigenvalue weighted by Crippen LogP contribution is 2.35. The number of rotatable bonds is 6. The number of hydrazone groups is 1. The van der Waals surface area contributed by atoms with E-state index in [-0.39, 0.29) is 27.9 Å². The molecule has 0 bridgehead atoms. The summed E-state index contributed by atoms with van der Waals surface area (Å²) in [7, 11) is 0. The number of nitrogens with zero attached hydrogens (tertiary/aromatic N) is 3. The van der Waals surface area contributed by atoms with Gasteiger partial charge in [-0.15, -0.1) is 0 Å². The predicted molar refractivity (Wildman–Crippen MR) is 105 cm³/mol. The maximum absolute atomic E-state index is 12.7. The molecule has 1 N–H and O–H groups in total. The van der Waals surface area contributed by atoms with Crippen molar-refractivity contribution in [3.8, 4) is 11.3 Å². The number of nitrogens with one attached hydrogen (secondary N) is 1. The van der Waals surface area contributed by atoms with Gasteiger partial charge in [0.2, 0.25) is 0 Å². The van der Waals surface area contributed by atoms with Gasteiger partial charge in [0, 0.05) is 23.8 Å². The number of hydrogen-bond donors (Lipinski definition) is 1. The molecule has 3 rings (SSSR count). The number of hydrogen-bond acceptors (Lipinski definition) is 7. The molecule has 1 heterocycles. The predicted octanol–water partition coefficient (Wildman–Crippen LogP) is 5.88. The van der Waals surface area contributed by atoms with E-state index < -0.39 is 27.3 Å². The van der Waals surface area contributed by atoms with Gasteiger partial charge >= 0.3 is 6.18 Å². The number of nitro benzene ring substituents is 2. The van der Waals surface area contributed by atoms with Crippen LogP contribution in [0, 0.1) is 20.2 Å². The summed E-state index contributed by atoms with van der Waals surface area (Å²) >= 11 is 6.04. The summed E-state index contributed by atoms with van der Waals surface area (Å²) in [6.45, 7) is 0. The second-order valence-corrected chi connectivity index (χ2v) is 6.39. The molecule has 0 unspecified atom stereocenters. The Morgan fingerprint density at radius 1 is 1.03 bits per heavy atom. The van der Waals surface area contributed by atoms with Gasteiger partial charge in [-0.1, -0.05) is 11.6 Å². The molecular weight excluding hydrogens is 445 g/mol. The van der Waals surface area contributed by atoms with Crippen molar-refractivity contribution in [2.24, 2.45) is 5.10 Å². The van der Waals surface area contributed by atoms with Gasteiger partial charge in [-0.2, -0.15) is 18.3 Å². The maximum Gasteiger partial charge on any atom is 0.416 e. The van der Waals surface area contributed by atoms with Crippen LogP contribution in [0.4, 0.5) is 30.2 Å². The van der Waals surface area contributed by atoms with Crippen LogP contribution in [0.5, 0.6) is 0 Å². The Bertz CT molecular complexity index is 1190. The minimum absolute atomic E-state index is 0.0885. The molecule has 9 nitrogen and oxygen atoms in total. The third-order valence-corrected chi connectivity index (χ3v) is 4.27. The first-order valence-corrected chi connectivity index (χ1v) is 8.63. The van der Waals surface area contributed by atoms with Crippen molar-refractivity contribution in [2.75, 3.05) is 5.43 Å². The van der Waals surface area contributed by atoms with Crippen LogP contribution in [0.25, 0.3) is 11.3 Å². The lowest BCUT2D eigenvalue weighted by Gasteiger charge is -2.08. The minimum Gasteiger partial charge on any atom is -0.455 e. The van der Waals surface area contributed by atoms with Crippen molar-refractivity contribution >= 4 is 34.9 Å². The Labute approximate surface area is 176 Å². The normalized spacial score (nSPS) is 11.6. The first-order chi connectivity index (χ1) is 14.6.